The van der Waals surface area contributed by atoms with E-state index in [9.17, 15) is 14.4 Å². The summed E-state index contributed by atoms with van der Waals surface area (Å²) in [6, 6.07) is 13.3. The van der Waals surface area contributed by atoms with Crippen molar-refractivity contribution in [3.05, 3.63) is 64.7 Å². The van der Waals surface area contributed by atoms with Gasteiger partial charge in [0.2, 0.25) is 0 Å². The number of rotatable bonds is 7. The number of nitrogens with one attached hydrogen (secondary N) is 2. The van der Waals surface area contributed by atoms with Crippen molar-refractivity contribution in [2.75, 3.05) is 5.32 Å². The van der Waals surface area contributed by atoms with Crippen LogP contribution in [0.4, 0.5) is 10.5 Å². The summed E-state index contributed by atoms with van der Waals surface area (Å²) in [7, 11) is 0. The van der Waals surface area contributed by atoms with E-state index < -0.39 is 35.6 Å². The van der Waals surface area contributed by atoms with Gasteiger partial charge in [0.05, 0.1) is 0 Å². The second kappa shape index (κ2) is 11.8. The number of alkyl carbamates (subject to hydrolysis) is 1. The molecule has 0 bridgehead atoms. The molecule has 0 aliphatic rings. The molecule has 36 heavy (non-hydrogen) atoms. The Morgan fingerprint density at radius 1 is 0.944 bits per heavy atom. The van der Waals surface area contributed by atoms with E-state index in [1.165, 1.54) is 0 Å². The molecule has 2 aromatic carbocycles. The summed E-state index contributed by atoms with van der Waals surface area (Å²) < 4.78 is 5.35. The highest BCUT2D eigenvalue weighted by Crippen LogP contribution is 2.29. The number of hydrogen-bond acceptors (Lipinski definition) is 4. The summed E-state index contributed by atoms with van der Waals surface area (Å²) in [4.78, 5) is 41.1. The molecule has 2 atom stereocenters. The maximum absolute atomic E-state index is 13.8. The van der Waals surface area contributed by atoms with E-state index in [2.05, 4.69) is 16.7 Å². The van der Waals surface area contributed by atoms with Gasteiger partial charge < -0.3 is 15.4 Å². The minimum Gasteiger partial charge on any atom is -0.444 e. The average Bonchev–Trinajstić information content (AvgIpc) is 2.77. The first-order chi connectivity index (χ1) is 16.8. The average molecular weight is 492 g/mol. The Bertz CT molecular complexity index is 1140. The molecule has 0 saturated carbocycles. The Kier molecular flexibility index (Phi) is 9.29. The van der Waals surface area contributed by atoms with Gasteiger partial charge in [-0.05, 0) is 69.7 Å². The number of hydrogen-bond donors (Lipinski definition) is 2. The predicted octanol–water partition coefficient (Wildman–Crippen LogP) is 5.26. The summed E-state index contributed by atoms with van der Waals surface area (Å²) in [5.74, 6) is -1.35. The maximum atomic E-state index is 13.8. The van der Waals surface area contributed by atoms with Crippen molar-refractivity contribution in [2.45, 2.75) is 73.1 Å². The van der Waals surface area contributed by atoms with Crippen LogP contribution >= 0.6 is 0 Å². The van der Waals surface area contributed by atoms with Crippen molar-refractivity contribution in [1.29, 1.82) is 0 Å². The van der Waals surface area contributed by atoms with Crippen molar-refractivity contribution >= 4 is 23.6 Å². The largest absolute Gasteiger partial charge is 0.444 e. The van der Waals surface area contributed by atoms with Crippen LogP contribution in [-0.2, 0) is 14.3 Å². The molecule has 3 amide bonds. The molecule has 7 nitrogen and oxygen atoms in total. The van der Waals surface area contributed by atoms with E-state index in [1.807, 2.05) is 51.1 Å². The van der Waals surface area contributed by atoms with Crippen LogP contribution < -0.4 is 10.6 Å². The van der Waals surface area contributed by atoms with Gasteiger partial charge in [-0.2, -0.15) is 0 Å². The molecule has 2 N–H and O–H groups in total. The lowest BCUT2D eigenvalue weighted by atomic mass is 9.96. The van der Waals surface area contributed by atoms with Crippen molar-refractivity contribution in [1.82, 2.24) is 10.2 Å². The summed E-state index contributed by atoms with van der Waals surface area (Å²) in [6.45, 7) is 14.4. The Morgan fingerprint density at radius 2 is 1.50 bits per heavy atom. The molecular weight excluding hydrogens is 454 g/mol. The Labute approximate surface area is 214 Å². The van der Waals surface area contributed by atoms with E-state index in [4.69, 9.17) is 11.2 Å². The maximum Gasteiger partial charge on any atom is 0.408 e. The van der Waals surface area contributed by atoms with E-state index in [1.54, 1.807) is 46.8 Å². The third kappa shape index (κ3) is 7.11. The molecule has 2 rings (SSSR count). The molecule has 0 fully saturated rings. The van der Waals surface area contributed by atoms with E-state index >= 15 is 0 Å². The third-order valence-electron chi connectivity index (χ3n) is 5.70. The number of terminal acetylenes is 1. The van der Waals surface area contributed by atoms with Crippen LogP contribution in [0.25, 0.3) is 0 Å². The van der Waals surface area contributed by atoms with Gasteiger partial charge in [-0.3, -0.25) is 14.5 Å². The number of anilines is 1. The van der Waals surface area contributed by atoms with Crippen LogP contribution in [0.5, 0.6) is 0 Å². The molecule has 0 radical (unpaired) electrons. The number of aryl methyl sites for hydroxylation is 3. The number of benzene rings is 2. The number of carbonyl (C=O) groups excluding carboxylic acids is 3. The van der Waals surface area contributed by atoms with Crippen LogP contribution in [0, 0.1) is 39.2 Å². The smallest absolute Gasteiger partial charge is 0.408 e. The van der Waals surface area contributed by atoms with Gasteiger partial charge in [-0.25, -0.2) is 4.79 Å². The topological polar surface area (TPSA) is 87.7 Å². The zero-order valence-corrected chi connectivity index (χ0v) is 22.4. The molecule has 192 valence electrons. The SMILES string of the molecule is C#CN(C(=O)C(NC(=O)OC(C)(C)C)C(C)C)C(C(=O)Nc1c(C)cccc1C)c1ccccc1C. The third-order valence-corrected chi connectivity index (χ3v) is 5.70. The Morgan fingerprint density at radius 3 is 2.00 bits per heavy atom. The first-order valence-corrected chi connectivity index (χ1v) is 12.0. The number of para-hydroxylation sites is 1. The van der Waals surface area contributed by atoms with Crippen molar-refractivity contribution in [2.24, 2.45) is 5.92 Å². The molecule has 0 spiro atoms. The van der Waals surface area contributed by atoms with E-state index in [0.29, 0.717) is 11.3 Å². The fraction of sp³-hybridized carbons (Fsp3) is 0.414. The van der Waals surface area contributed by atoms with Crippen LogP contribution in [0.2, 0.25) is 0 Å². The minimum absolute atomic E-state index is 0.319. The summed E-state index contributed by atoms with van der Waals surface area (Å²) in [5, 5.41) is 5.61. The number of ether oxygens (including phenoxy) is 1. The first kappa shape index (κ1) is 28.4. The molecule has 0 aliphatic heterocycles. The molecule has 2 aromatic rings. The van der Waals surface area contributed by atoms with Gasteiger partial charge in [0.1, 0.15) is 17.7 Å². The summed E-state index contributed by atoms with van der Waals surface area (Å²) in [5.41, 5.74) is 3.09. The van der Waals surface area contributed by atoms with Gasteiger partial charge in [0, 0.05) is 11.7 Å². The predicted molar refractivity (Wildman–Crippen MR) is 142 cm³/mol. The van der Waals surface area contributed by atoms with Gasteiger partial charge in [-0.15, -0.1) is 0 Å². The zero-order chi connectivity index (χ0) is 27.2. The van der Waals surface area contributed by atoms with E-state index in [0.717, 1.165) is 21.6 Å². The highest BCUT2D eigenvalue weighted by atomic mass is 16.6. The zero-order valence-electron chi connectivity index (χ0n) is 22.4. The van der Waals surface area contributed by atoms with Gasteiger partial charge in [0.25, 0.3) is 11.8 Å². The highest BCUT2D eigenvalue weighted by Gasteiger charge is 2.38. The minimum atomic E-state index is -1.12. The van der Waals surface area contributed by atoms with E-state index in [-0.39, 0.29) is 5.92 Å². The van der Waals surface area contributed by atoms with Gasteiger partial charge in [0.15, 0.2) is 0 Å². The number of nitrogens with zero attached hydrogens (tertiary/aromatic N) is 1. The molecular formula is C29H37N3O4. The fourth-order valence-corrected chi connectivity index (χ4v) is 3.86. The fourth-order valence-electron chi connectivity index (χ4n) is 3.86. The van der Waals surface area contributed by atoms with Crippen LogP contribution in [0.3, 0.4) is 0 Å². The quantitative estimate of drug-likeness (QED) is 0.409. The summed E-state index contributed by atoms with van der Waals surface area (Å²) >= 11 is 0. The number of amides is 3. The summed E-state index contributed by atoms with van der Waals surface area (Å²) in [6.07, 6.45) is 5.12. The molecule has 0 aromatic heterocycles. The van der Waals surface area contributed by atoms with Gasteiger partial charge >= 0.3 is 6.09 Å². The lowest BCUT2D eigenvalue weighted by molar-refractivity contribution is -0.137. The lowest BCUT2D eigenvalue weighted by Crippen LogP contribution is -2.53. The van der Waals surface area contributed by atoms with Crippen LogP contribution in [-0.4, -0.2) is 34.5 Å². The lowest BCUT2D eigenvalue weighted by Gasteiger charge is -2.32. The molecule has 7 heteroatoms. The molecule has 2 unspecified atom stereocenters. The number of carbonyl (C=O) groups is 3. The van der Waals surface area contributed by atoms with Crippen molar-refractivity contribution < 1.29 is 19.1 Å². The molecule has 0 aliphatic carbocycles. The van der Waals surface area contributed by atoms with Crippen LogP contribution in [0.15, 0.2) is 42.5 Å². The highest BCUT2D eigenvalue weighted by molar-refractivity contribution is 6.00. The normalized spacial score (nSPS) is 12.8. The monoisotopic (exact) mass is 491 g/mol. The van der Waals surface area contributed by atoms with Gasteiger partial charge in [-0.1, -0.05) is 62.7 Å². The second-order valence-corrected chi connectivity index (χ2v) is 10.2. The first-order valence-electron chi connectivity index (χ1n) is 12.0. The van der Waals surface area contributed by atoms with Crippen molar-refractivity contribution in [3.8, 4) is 12.5 Å². The second-order valence-electron chi connectivity index (χ2n) is 10.2. The standard InChI is InChI=1S/C29H37N3O4/c1-10-32(27(34)23(18(2)3)31-28(35)36-29(7,8)9)25(22-17-12-11-14-19(22)4)26(33)30-24-20(5)15-13-16-21(24)6/h1,11-18,23,25H,2-9H3,(H,30,33)(H,31,35). The molecule has 0 heterocycles. The Balaban J connectivity index is 2.51. The van der Waals surface area contributed by atoms with Crippen LogP contribution in [0.1, 0.15) is 62.9 Å². The molecule has 0 saturated heterocycles. The van der Waals surface area contributed by atoms with Crippen molar-refractivity contribution in [3.63, 3.8) is 0 Å². The Hall–Kier alpha value is -3.79.